The quantitative estimate of drug-likeness (QED) is 0.647. The fourth-order valence-corrected chi connectivity index (χ4v) is 4.29. The molecule has 0 bridgehead atoms. The normalized spacial score (nSPS) is 23.1. The maximum Gasteiger partial charge on any atom is 0.343 e. The first-order valence-corrected chi connectivity index (χ1v) is 9.47. The van der Waals surface area contributed by atoms with Gasteiger partial charge in [-0.2, -0.15) is 5.10 Å². The predicted octanol–water partition coefficient (Wildman–Crippen LogP) is 2.95. The third-order valence-corrected chi connectivity index (χ3v) is 5.71. The highest BCUT2D eigenvalue weighted by Gasteiger charge is 2.54. The lowest BCUT2D eigenvalue weighted by atomic mass is 10.0. The topological polar surface area (TPSA) is 72.6 Å². The van der Waals surface area contributed by atoms with Gasteiger partial charge >= 0.3 is 5.97 Å². The van der Waals surface area contributed by atoms with Gasteiger partial charge in [-0.25, -0.2) is 18.7 Å². The Morgan fingerprint density at radius 1 is 1.39 bits per heavy atom. The molecule has 3 atom stereocenters. The summed E-state index contributed by atoms with van der Waals surface area (Å²) in [6, 6.07) is 3.51. The summed E-state index contributed by atoms with van der Waals surface area (Å²) in [5.74, 6) is 1.05. The van der Waals surface area contributed by atoms with Gasteiger partial charge in [-0.1, -0.05) is 0 Å². The van der Waals surface area contributed by atoms with E-state index in [1.807, 2.05) is 13.0 Å². The van der Waals surface area contributed by atoms with Gasteiger partial charge in [0.2, 0.25) is 0 Å². The van der Waals surface area contributed by atoms with Crippen LogP contribution in [0, 0.1) is 24.6 Å². The first-order valence-electron chi connectivity index (χ1n) is 9.47. The molecule has 28 heavy (non-hydrogen) atoms. The maximum absolute atomic E-state index is 13.9. The van der Waals surface area contributed by atoms with E-state index in [-0.39, 0.29) is 11.9 Å². The van der Waals surface area contributed by atoms with Crippen LogP contribution in [0.2, 0.25) is 0 Å². The largest absolute Gasteiger partial charge is 0.462 e. The molecule has 2 aliphatic rings. The average Bonchev–Trinajstić information content (AvgIpc) is 3.16. The summed E-state index contributed by atoms with van der Waals surface area (Å²) < 4.78 is 20.6. The number of hydrogen-bond acceptors (Lipinski definition) is 6. The molecule has 144 valence electrons. The maximum atomic E-state index is 13.9. The molecule has 3 unspecified atom stereocenters. The van der Waals surface area contributed by atoms with Crippen LogP contribution in [-0.4, -0.2) is 38.7 Å². The number of fused-ring (bicyclic) bond motifs is 2. The Morgan fingerprint density at radius 2 is 2.25 bits per heavy atom. The van der Waals surface area contributed by atoms with E-state index in [1.165, 1.54) is 12.4 Å². The predicted molar refractivity (Wildman–Crippen MR) is 99.6 cm³/mol. The second-order valence-electron chi connectivity index (χ2n) is 7.42. The molecular formula is C20H20FN5O2. The van der Waals surface area contributed by atoms with Gasteiger partial charge in [0.1, 0.15) is 17.2 Å². The van der Waals surface area contributed by atoms with Crippen LogP contribution < -0.4 is 4.90 Å². The number of carbonyl (C=O) groups is 1. The molecule has 1 aliphatic heterocycles. The van der Waals surface area contributed by atoms with Crippen molar-refractivity contribution in [1.29, 1.82) is 0 Å². The Hall–Kier alpha value is -3.03. The molecule has 5 rings (SSSR count). The number of esters is 1. The lowest BCUT2D eigenvalue weighted by Crippen LogP contribution is -2.28. The van der Waals surface area contributed by atoms with E-state index < -0.39 is 5.97 Å². The number of piperidine rings is 1. The van der Waals surface area contributed by atoms with E-state index in [0.29, 0.717) is 29.7 Å². The number of ether oxygens (including phenoxy) is 1. The smallest absolute Gasteiger partial charge is 0.343 e. The number of carbonyl (C=O) groups excluding carboxylic acids is 1. The number of halogens is 1. The first-order chi connectivity index (χ1) is 13.6. The van der Waals surface area contributed by atoms with Crippen LogP contribution in [0.15, 0.2) is 30.7 Å². The minimum absolute atomic E-state index is 0.0390. The van der Waals surface area contributed by atoms with Gasteiger partial charge < -0.3 is 9.64 Å². The summed E-state index contributed by atoms with van der Waals surface area (Å²) in [7, 11) is 0. The fourth-order valence-electron chi connectivity index (χ4n) is 4.29. The van der Waals surface area contributed by atoms with Crippen LogP contribution in [0.4, 0.5) is 10.2 Å². The highest BCUT2D eigenvalue weighted by Crippen LogP contribution is 2.57. The van der Waals surface area contributed by atoms with E-state index in [2.05, 4.69) is 15.0 Å². The van der Waals surface area contributed by atoms with Gasteiger partial charge in [-0.05, 0) is 49.8 Å². The van der Waals surface area contributed by atoms with Gasteiger partial charge in [-0.3, -0.25) is 4.98 Å². The highest BCUT2D eigenvalue weighted by molar-refractivity contribution is 5.95. The Bertz CT molecular complexity index is 1080. The van der Waals surface area contributed by atoms with Crippen molar-refractivity contribution < 1.29 is 13.9 Å². The second kappa shape index (κ2) is 6.25. The van der Waals surface area contributed by atoms with Crippen LogP contribution in [0.5, 0.6) is 0 Å². The van der Waals surface area contributed by atoms with Crippen LogP contribution in [-0.2, 0) is 4.74 Å². The Morgan fingerprint density at radius 3 is 3.07 bits per heavy atom. The van der Waals surface area contributed by atoms with Crippen molar-refractivity contribution in [2.75, 3.05) is 18.1 Å². The number of rotatable bonds is 4. The molecule has 8 heteroatoms. The number of aromatic nitrogens is 4. The van der Waals surface area contributed by atoms with Crippen LogP contribution >= 0.6 is 0 Å². The first kappa shape index (κ1) is 17.1. The van der Waals surface area contributed by atoms with E-state index in [4.69, 9.17) is 9.72 Å². The van der Waals surface area contributed by atoms with E-state index in [9.17, 15) is 9.18 Å². The van der Waals surface area contributed by atoms with Crippen molar-refractivity contribution in [3.8, 4) is 0 Å². The Labute approximate surface area is 161 Å². The van der Waals surface area contributed by atoms with E-state index >= 15 is 0 Å². The number of anilines is 1. The summed E-state index contributed by atoms with van der Waals surface area (Å²) in [6.45, 7) is 4.82. The number of nitrogens with zero attached hydrogens (tertiary/aromatic N) is 5. The molecule has 2 fully saturated rings. The summed E-state index contributed by atoms with van der Waals surface area (Å²) in [5, 5.41) is 4.19. The van der Waals surface area contributed by atoms with Gasteiger partial charge in [-0.15, -0.1) is 0 Å². The third-order valence-electron chi connectivity index (χ3n) is 5.71. The van der Waals surface area contributed by atoms with Gasteiger partial charge in [0.15, 0.2) is 5.65 Å². The van der Waals surface area contributed by atoms with Crippen molar-refractivity contribution in [2.24, 2.45) is 11.8 Å². The molecule has 0 aromatic carbocycles. The SMILES string of the molecule is CCOC(=O)c1cnn2ccc(N3CC4CC4C3c3cc(F)cnc3C)nc12. The molecule has 1 aliphatic carbocycles. The zero-order valence-electron chi connectivity index (χ0n) is 15.7. The highest BCUT2D eigenvalue weighted by atomic mass is 19.1. The minimum Gasteiger partial charge on any atom is -0.462 e. The standard InChI is InChI=1S/C20H20FN5O2/c1-3-28-20(27)16-9-23-26-5-4-17(24-19(16)26)25-10-12-6-15(12)18(25)14-7-13(21)8-22-11(14)2/h4-5,7-9,12,15,18H,3,6,10H2,1-2H3. The molecule has 7 nitrogen and oxygen atoms in total. The van der Waals surface area contributed by atoms with Crippen LogP contribution in [0.3, 0.4) is 0 Å². The zero-order valence-corrected chi connectivity index (χ0v) is 15.7. The van der Waals surface area contributed by atoms with Crippen molar-refractivity contribution in [2.45, 2.75) is 26.3 Å². The molecule has 3 aromatic heterocycles. The van der Waals surface area contributed by atoms with Gasteiger partial charge in [0.25, 0.3) is 0 Å². The van der Waals surface area contributed by atoms with Crippen molar-refractivity contribution in [1.82, 2.24) is 19.6 Å². The molecule has 0 spiro atoms. The number of pyridine rings is 1. The molecule has 0 radical (unpaired) electrons. The van der Waals surface area contributed by atoms with Crippen molar-refractivity contribution in [3.05, 3.63) is 53.4 Å². The number of hydrogen-bond donors (Lipinski definition) is 0. The second-order valence-corrected chi connectivity index (χ2v) is 7.42. The summed E-state index contributed by atoms with van der Waals surface area (Å²) in [5.41, 5.74) is 2.55. The average molecular weight is 381 g/mol. The lowest BCUT2D eigenvalue weighted by molar-refractivity contribution is 0.0528. The Balaban J connectivity index is 1.56. The zero-order chi connectivity index (χ0) is 19.4. The van der Waals surface area contributed by atoms with Crippen molar-refractivity contribution >= 4 is 17.4 Å². The third kappa shape index (κ3) is 2.63. The van der Waals surface area contributed by atoms with Crippen LogP contribution in [0.1, 0.15) is 41.0 Å². The van der Waals surface area contributed by atoms with Crippen LogP contribution in [0.25, 0.3) is 5.65 Å². The monoisotopic (exact) mass is 381 g/mol. The molecule has 3 aromatic rings. The lowest BCUT2D eigenvalue weighted by Gasteiger charge is -2.29. The molecule has 0 amide bonds. The molecule has 4 heterocycles. The van der Waals surface area contributed by atoms with Gasteiger partial charge in [0, 0.05) is 18.4 Å². The molecule has 0 N–H and O–H groups in total. The van der Waals surface area contributed by atoms with E-state index in [1.54, 1.807) is 23.7 Å². The molecule has 1 saturated heterocycles. The summed E-state index contributed by atoms with van der Waals surface area (Å²) in [6.07, 6.45) is 5.66. The van der Waals surface area contributed by atoms with E-state index in [0.717, 1.165) is 30.0 Å². The Kier molecular flexibility index (Phi) is 3.82. The fraction of sp³-hybridized carbons (Fsp3) is 0.400. The summed E-state index contributed by atoms with van der Waals surface area (Å²) >= 11 is 0. The minimum atomic E-state index is -0.437. The number of aryl methyl sites for hydroxylation is 1. The van der Waals surface area contributed by atoms with Crippen molar-refractivity contribution in [3.63, 3.8) is 0 Å². The molecule has 1 saturated carbocycles. The van der Waals surface area contributed by atoms with Gasteiger partial charge in [0.05, 0.1) is 25.0 Å². The summed E-state index contributed by atoms with van der Waals surface area (Å²) in [4.78, 5) is 23.3. The molecular weight excluding hydrogens is 361 g/mol.